The normalized spacial score (nSPS) is 11.0. The number of aryl methyl sites for hydroxylation is 6. The smallest absolute Gasteiger partial charge is 0.162 e. The summed E-state index contributed by atoms with van der Waals surface area (Å²) in [5, 5.41) is 18.1. The average Bonchev–Trinajstić information content (AvgIpc) is 0.844. The number of carbonyl (C=O) groups is 2. The van der Waals surface area contributed by atoms with Crippen LogP contribution in [0, 0.1) is 36.1 Å². The number of benzene rings is 9. The molecule has 0 amide bonds. The molecule has 9 aromatic carbocycles. The van der Waals surface area contributed by atoms with Gasteiger partial charge in [0.2, 0.25) is 0 Å². The molecule has 0 fully saturated rings. The largest absolute Gasteiger partial charge is 0.512 e. The average molecular weight is 1860 g/mol. The molecule has 2 radical (unpaired) electrons. The van der Waals surface area contributed by atoms with Gasteiger partial charge < -0.3 is 30.1 Å². The summed E-state index contributed by atoms with van der Waals surface area (Å²) in [6, 6.07) is 107. The first-order valence-electron chi connectivity index (χ1n) is 39.8. The molecule has 2 N–H and O–H groups in total. The van der Waals surface area contributed by atoms with E-state index in [2.05, 4.69) is 263 Å². The maximum absolute atomic E-state index is 11.7. The molecule has 0 aliphatic heterocycles. The molecular weight excluding hydrogens is 1750 g/mol. The minimum Gasteiger partial charge on any atom is -0.512 e. The van der Waals surface area contributed by atoms with Crippen molar-refractivity contribution in [3.8, 4) is 89.5 Å². The van der Waals surface area contributed by atoms with Gasteiger partial charge in [-0.15, -0.1) is 142 Å². The first kappa shape index (κ1) is 88.9. The van der Waals surface area contributed by atoms with E-state index in [1.807, 2.05) is 101 Å². The zero-order valence-corrected chi connectivity index (χ0v) is 71.3. The van der Waals surface area contributed by atoms with E-state index < -0.39 is 0 Å². The third-order valence-electron chi connectivity index (χ3n) is 20.1. The van der Waals surface area contributed by atoms with Crippen LogP contribution in [0.15, 0.2) is 315 Å². The summed E-state index contributed by atoms with van der Waals surface area (Å²) >= 11 is 0. The van der Waals surface area contributed by atoms with Gasteiger partial charge in [0.15, 0.2) is 11.6 Å². The Balaban J connectivity index is 0.000000223. The van der Waals surface area contributed by atoms with E-state index in [-0.39, 0.29) is 75.1 Å². The number of nitrogens with zero attached hydrogens (tertiary/aromatic N) is 4. The van der Waals surface area contributed by atoms with Gasteiger partial charge in [0.1, 0.15) is 0 Å². The molecule has 10 heteroatoms. The topological polar surface area (TPSA) is 126 Å². The van der Waals surface area contributed by atoms with E-state index in [1.165, 1.54) is 142 Å². The van der Waals surface area contributed by atoms with Crippen LogP contribution in [0.25, 0.3) is 89.5 Å². The molecule has 4 aromatic heterocycles. The number of allylic oxidation sites excluding steroid dienone is 4. The van der Waals surface area contributed by atoms with Crippen LogP contribution < -0.4 is 0 Å². The van der Waals surface area contributed by atoms with E-state index in [4.69, 9.17) is 5.11 Å². The molecule has 0 bridgehead atoms. The van der Waals surface area contributed by atoms with Crippen LogP contribution in [0.4, 0.5) is 0 Å². The number of rotatable bonds is 31. The fourth-order valence-electron chi connectivity index (χ4n) is 13.7. The number of aromatic nitrogens is 4. The van der Waals surface area contributed by atoms with Crippen LogP contribution in [0.2, 0.25) is 0 Å². The fourth-order valence-corrected chi connectivity index (χ4v) is 13.7. The van der Waals surface area contributed by atoms with Crippen molar-refractivity contribution in [2.24, 2.45) is 11.8 Å². The minimum absolute atomic E-state index is 0. The number of pyridine rings is 4. The molecule has 0 unspecified atom stereocenters. The van der Waals surface area contributed by atoms with Crippen LogP contribution in [-0.4, -0.2) is 41.7 Å². The van der Waals surface area contributed by atoms with Crippen molar-refractivity contribution in [3.63, 3.8) is 0 Å². The molecule has 13 rings (SSSR count). The minimum atomic E-state index is -0.125. The van der Waals surface area contributed by atoms with E-state index in [1.54, 1.807) is 0 Å². The zero-order valence-electron chi connectivity index (χ0n) is 66.5. The molecule has 0 saturated heterocycles. The molecule has 4 heterocycles. The summed E-state index contributed by atoms with van der Waals surface area (Å²) in [5.74, 6) is 0.485. The number of aliphatic hydroxyl groups is 2. The maximum Gasteiger partial charge on any atom is 0.162 e. The standard InChI is InChI=1S/C44H34N2.C42H38N2.C13H24O2.C5H8O2.2Ir/c1-3-11-37(12-4-1)39-25-27-45-43(31-39)41-15-7-9-35(29-41)23-21-33-17-19-34(20-18-33)22-24-36-10-8-16-42(30-36)44-32-40(26-28-46-44)38-13-5-2-6-14-38;1(3-7-15-33-17-13-23-39(29-33)41-31-37(25-27-43-41)35-19-9-5-10-20-35)2-4-8-16-34-18-14-24-40(30-34)42-32-38(26-28-44-42)36-21-11-6-12-22-36;1-5-10(6-2)12(14)9-13(15)11(7-3)8-4;1-4(6)3-5(2)7;;/h1-14,17-20,25-32H,21-24H2;5-6,9-14,17-22,25-32H,1-4,7-8,15-16H2;9-11,14H,5-8H2,1-4H3;3,6H,1-2H3;;/q2*-2;;;;. The maximum atomic E-state index is 11.7. The monoisotopic (exact) mass is 1860 g/mol. The van der Waals surface area contributed by atoms with Crippen LogP contribution in [0.5, 0.6) is 0 Å². The zero-order chi connectivity index (χ0) is 78.5. The molecular formula is C104H104Ir2N4O4-4. The van der Waals surface area contributed by atoms with Gasteiger partial charge in [0.25, 0.3) is 0 Å². The first-order valence-corrected chi connectivity index (χ1v) is 39.8. The summed E-state index contributed by atoms with van der Waals surface area (Å²) in [4.78, 5) is 40.3. The summed E-state index contributed by atoms with van der Waals surface area (Å²) < 4.78 is 0. The molecule has 586 valence electrons. The SMILES string of the molecule is CC(=O)C=C(C)O.CCC(CC)C(=O)C=C(O)C(CC)CC.[Ir].[Ir].[c-]1ccc(CCCCCCCCc2cc[c-]c(-c3cc(-c4ccccc4)ccn3)c2)cc1-c1cc(-c2ccccc2)ccn1.[c-]1ccc(CCc2ccc(CCc3cc[c-]c(-c4cc(-c5ccccc5)ccn4)c3)cc2)cc1-c1cc(-c2ccccc2)ccn1. The van der Waals surface area contributed by atoms with E-state index in [9.17, 15) is 14.7 Å². The molecule has 13 aromatic rings. The van der Waals surface area contributed by atoms with Gasteiger partial charge in [0.05, 0.1) is 11.5 Å². The Morgan fingerprint density at radius 3 is 0.851 bits per heavy atom. The third-order valence-corrected chi connectivity index (χ3v) is 20.1. The molecule has 0 aliphatic rings. The van der Waals surface area contributed by atoms with Crippen LogP contribution in [0.3, 0.4) is 0 Å². The van der Waals surface area contributed by atoms with E-state index in [0.29, 0.717) is 0 Å². The van der Waals surface area contributed by atoms with Gasteiger partial charge in [-0.3, -0.25) is 9.59 Å². The Bertz CT molecular complexity index is 4810. The molecule has 114 heavy (non-hydrogen) atoms. The Kier molecular flexibility index (Phi) is 37.7. The molecule has 0 saturated carbocycles. The van der Waals surface area contributed by atoms with Gasteiger partial charge in [-0.25, -0.2) is 0 Å². The Morgan fingerprint density at radius 1 is 0.316 bits per heavy atom. The molecule has 0 spiro atoms. The van der Waals surface area contributed by atoms with Gasteiger partial charge in [0, 0.05) is 89.0 Å². The number of carbonyl (C=O) groups excluding carboxylic acids is 2. The van der Waals surface area contributed by atoms with Crippen molar-refractivity contribution in [1.82, 2.24) is 19.9 Å². The summed E-state index contributed by atoms with van der Waals surface area (Å²) in [6.07, 6.45) is 27.3. The predicted molar refractivity (Wildman–Crippen MR) is 463 cm³/mol. The van der Waals surface area contributed by atoms with Crippen molar-refractivity contribution in [2.75, 3.05) is 0 Å². The molecule has 8 nitrogen and oxygen atoms in total. The van der Waals surface area contributed by atoms with Crippen molar-refractivity contribution < 1.29 is 60.0 Å². The van der Waals surface area contributed by atoms with Crippen molar-refractivity contribution in [3.05, 3.63) is 373 Å². The molecule has 0 atom stereocenters. The Hall–Kier alpha value is -10.7. The van der Waals surface area contributed by atoms with Crippen molar-refractivity contribution in [2.45, 2.75) is 144 Å². The summed E-state index contributed by atoms with van der Waals surface area (Å²) in [6.45, 7) is 10.9. The van der Waals surface area contributed by atoms with E-state index in [0.717, 1.165) is 109 Å². The van der Waals surface area contributed by atoms with Crippen LogP contribution in [0.1, 0.15) is 139 Å². The van der Waals surface area contributed by atoms with E-state index >= 15 is 0 Å². The first-order chi connectivity index (χ1) is 54.8. The number of aliphatic hydroxyl groups excluding tert-OH is 2. The van der Waals surface area contributed by atoms with Gasteiger partial charge >= 0.3 is 0 Å². The number of unbranched alkanes of at least 4 members (excludes halogenated alkanes) is 5. The van der Waals surface area contributed by atoms with Crippen LogP contribution in [-0.2, 0) is 88.3 Å². The third kappa shape index (κ3) is 28.7. The fraction of sp³-hybridized carbons (Fsp3) is 0.231. The van der Waals surface area contributed by atoms with Crippen LogP contribution >= 0.6 is 0 Å². The van der Waals surface area contributed by atoms with Gasteiger partial charge in [-0.1, -0.05) is 236 Å². The summed E-state index contributed by atoms with van der Waals surface area (Å²) in [5.41, 5.74) is 25.6. The van der Waals surface area contributed by atoms with Gasteiger partial charge in [-0.05, 0) is 181 Å². The summed E-state index contributed by atoms with van der Waals surface area (Å²) in [7, 11) is 0. The number of hydrogen-bond acceptors (Lipinski definition) is 8. The second kappa shape index (κ2) is 48.4. The number of ketones is 2. The second-order valence-electron chi connectivity index (χ2n) is 28.5. The Morgan fingerprint density at radius 2 is 0.588 bits per heavy atom. The quantitative estimate of drug-likeness (QED) is 0.0190. The number of hydrogen-bond donors (Lipinski definition) is 2. The second-order valence-corrected chi connectivity index (χ2v) is 28.5. The van der Waals surface area contributed by atoms with Gasteiger partial charge in [-0.2, -0.15) is 0 Å². The van der Waals surface area contributed by atoms with Crippen molar-refractivity contribution >= 4 is 11.6 Å². The predicted octanol–water partition coefficient (Wildman–Crippen LogP) is 26.1. The van der Waals surface area contributed by atoms with Crippen molar-refractivity contribution in [1.29, 1.82) is 0 Å². The molecule has 0 aliphatic carbocycles. The Labute approximate surface area is 704 Å².